The number of amides is 1. The fourth-order valence-electron chi connectivity index (χ4n) is 3.88. The Labute approximate surface area is 158 Å². The van der Waals surface area contributed by atoms with Gasteiger partial charge in [-0.25, -0.2) is 18.1 Å². The van der Waals surface area contributed by atoms with E-state index in [-0.39, 0.29) is 29.9 Å². The Morgan fingerprint density at radius 2 is 2.00 bits per heavy atom. The lowest BCUT2D eigenvalue weighted by Gasteiger charge is -2.32. The predicted molar refractivity (Wildman–Crippen MR) is 97.4 cm³/mol. The minimum atomic E-state index is -3.46. The van der Waals surface area contributed by atoms with Crippen LogP contribution in [0.5, 0.6) is 0 Å². The van der Waals surface area contributed by atoms with Gasteiger partial charge in [-0.3, -0.25) is 4.79 Å². The van der Waals surface area contributed by atoms with E-state index in [1.54, 1.807) is 17.0 Å². The summed E-state index contributed by atoms with van der Waals surface area (Å²) < 4.78 is 39.0. The number of oxazole rings is 1. The molecule has 0 unspecified atom stereocenters. The van der Waals surface area contributed by atoms with E-state index < -0.39 is 15.3 Å². The van der Waals surface area contributed by atoms with Crippen LogP contribution in [0.15, 0.2) is 33.6 Å². The van der Waals surface area contributed by atoms with Crippen molar-refractivity contribution in [3.05, 3.63) is 30.5 Å². The minimum absolute atomic E-state index is 0.0298. The number of nitrogens with zero attached hydrogens (tertiary/aromatic N) is 2. The van der Waals surface area contributed by atoms with Crippen LogP contribution in [0, 0.1) is 0 Å². The van der Waals surface area contributed by atoms with Gasteiger partial charge in [0.25, 0.3) is 5.91 Å². The van der Waals surface area contributed by atoms with Gasteiger partial charge < -0.3 is 13.7 Å². The maximum absolute atomic E-state index is 12.9. The predicted octanol–water partition coefficient (Wildman–Crippen LogP) is 2.40. The van der Waals surface area contributed by atoms with Crippen molar-refractivity contribution < 1.29 is 22.0 Å². The molecule has 1 atom stereocenters. The fraction of sp³-hybridized carbons (Fsp3) is 0.556. The van der Waals surface area contributed by atoms with Crippen molar-refractivity contribution >= 4 is 15.9 Å². The van der Waals surface area contributed by atoms with Gasteiger partial charge in [0.05, 0.1) is 11.5 Å². The van der Waals surface area contributed by atoms with Gasteiger partial charge in [0, 0.05) is 19.1 Å². The molecule has 1 aliphatic heterocycles. The molecule has 27 heavy (non-hydrogen) atoms. The van der Waals surface area contributed by atoms with Crippen LogP contribution in [0.3, 0.4) is 0 Å². The normalized spacial score (nSPS) is 21.6. The maximum atomic E-state index is 12.9. The van der Waals surface area contributed by atoms with E-state index in [0.717, 1.165) is 25.7 Å². The first-order valence-electron chi connectivity index (χ1n) is 9.32. The van der Waals surface area contributed by atoms with Crippen LogP contribution in [-0.2, 0) is 10.0 Å². The zero-order chi connectivity index (χ0) is 18.9. The van der Waals surface area contributed by atoms with Crippen LogP contribution >= 0.6 is 0 Å². The largest absolute Gasteiger partial charge is 0.461 e. The van der Waals surface area contributed by atoms with Gasteiger partial charge in [0.2, 0.25) is 15.8 Å². The number of rotatable bonds is 5. The summed E-state index contributed by atoms with van der Waals surface area (Å²) in [6.07, 6.45) is 7.77. The van der Waals surface area contributed by atoms with Gasteiger partial charge >= 0.3 is 0 Å². The lowest BCUT2D eigenvalue weighted by molar-refractivity contribution is 0.0721. The van der Waals surface area contributed by atoms with Gasteiger partial charge in [-0.15, -0.1) is 0 Å². The summed E-state index contributed by atoms with van der Waals surface area (Å²) in [5.74, 6) is 0.343. The Balaban J connectivity index is 1.48. The quantitative estimate of drug-likeness (QED) is 0.836. The number of piperidine rings is 1. The van der Waals surface area contributed by atoms with Crippen LogP contribution in [0.1, 0.15) is 49.0 Å². The summed E-state index contributed by atoms with van der Waals surface area (Å²) in [7, 11) is -3.46. The van der Waals surface area contributed by atoms with E-state index in [1.165, 1.54) is 12.7 Å². The summed E-state index contributed by atoms with van der Waals surface area (Å²) in [6.45, 7) is 0.657. The fourth-order valence-corrected chi connectivity index (χ4v) is 5.62. The van der Waals surface area contributed by atoms with Crippen LogP contribution in [-0.4, -0.2) is 48.6 Å². The lowest BCUT2D eigenvalue weighted by atomic mass is 10.1. The SMILES string of the molecule is O=C(c1ncoc1-c1ccco1)N1CCC[C@H](S(=O)(=O)NC2CCCC2)C1. The summed E-state index contributed by atoms with van der Waals surface area (Å²) in [4.78, 5) is 18.5. The van der Waals surface area contributed by atoms with Crippen LogP contribution in [0.4, 0.5) is 0 Å². The smallest absolute Gasteiger partial charge is 0.276 e. The molecule has 4 rings (SSSR count). The third kappa shape index (κ3) is 3.79. The van der Waals surface area contributed by atoms with E-state index in [1.807, 2.05) is 0 Å². The average molecular weight is 393 g/mol. The molecule has 1 saturated carbocycles. The number of aromatic nitrogens is 1. The number of carbonyl (C=O) groups excluding carboxylic acids is 1. The Morgan fingerprint density at radius 3 is 2.74 bits per heavy atom. The van der Waals surface area contributed by atoms with Crippen molar-refractivity contribution in [2.24, 2.45) is 0 Å². The van der Waals surface area contributed by atoms with Gasteiger partial charge in [-0.05, 0) is 37.8 Å². The number of hydrogen-bond donors (Lipinski definition) is 1. The van der Waals surface area contributed by atoms with Gasteiger partial charge in [-0.2, -0.15) is 0 Å². The molecule has 2 fully saturated rings. The molecule has 0 spiro atoms. The average Bonchev–Trinajstić information content (AvgIpc) is 3.42. The first-order chi connectivity index (χ1) is 13.0. The number of hydrogen-bond acceptors (Lipinski definition) is 6. The highest BCUT2D eigenvalue weighted by Crippen LogP contribution is 2.27. The highest BCUT2D eigenvalue weighted by atomic mass is 32.2. The number of furan rings is 1. The monoisotopic (exact) mass is 393 g/mol. The van der Waals surface area contributed by atoms with Crippen LogP contribution in [0.2, 0.25) is 0 Å². The second-order valence-corrected chi connectivity index (χ2v) is 9.16. The molecular formula is C18H23N3O5S. The number of nitrogens with one attached hydrogen (secondary N) is 1. The van der Waals surface area contributed by atoms with Gasteiger partial charge in [0.15, 0.2) is 17.8 Å². The van der Waals surface area contributed by atoms with E-state index in [9.17, 15) is 13.2 Å². The topological polar surface area (TPSA) is 106 Å². The number of carbonyl (C=O) groups is 1. The second-order valence-electron chi connectivity index (χ2n) is 7.17. The molecule has 1 aliphatic carbocycles. The first-order valence-corrected chi connectivity index (χ1v) is 10.9. The number of sulfonamides is 1. The highest BCUT2D eigenvalue weighted by molar-refractivity contribution is 7.90. The molecule has 3 heterocycles. The van der Waals surface area contributed by atoms with E-state index in [4.69, 9.17) is 8.83 Å². The molecule has 0 bridgehead atoms. The molecule has 1 N–H and O–H groups in total. The van der Waals surface area contributed by atoms with Gasteiger partial charge in [-0.1, -0.05) is 12.8 Å². The summed E-state index contributed by atoms with van der Waals surface area (Å²) in [6, 6.07) is 3.42. The standard InChI is InChI=1S/C18H23N3O5S/c22-18(16-17(26-12-19-16)15-8-4-10-25-15)21-9-3-7-14(11-21)27(23,24)20-13-5-1-2-6-13/h4,8,10,12-14,20H,1-3,5-7,9,11H2/t14-/m0/s1. The van der Waals surface area contributed by atoms with Crippen molar-refractivity contribution in [2.45, 2.75) is 49.8 Å². The summed E-state index contributed by atoms with van der Waals surface area (Å²) >= 11 is 0. The van der Waals surface area contributed by atoms with E-state index in [0.29, 0.717) is 25.1 Å². The van der Waals surface area contributed by atoms with Crippen molar-refractivity contribution in [1.82, 2.24) is 14.6 Å². The lowest BCUT2D eigenvalue weighted by Crippen LogP contribution is -2.50. The molecule has 0 radical (unpaired) electrons. The van der Waals surface area contributed by atoms with Crippen LogP contribution in [0.25, 0.3) is 11.5 Å². The number of likely N-dealkylation sites (tertiary alicyclic amines) is 1. The summed E-state index contributed by atoms with van der Waals surface area (Å²) in [5, 5.41) is -0.602. The van der Waals surface area contributed by atoms with Crippen LogP contribution < -0.4 is 4.72 Å². The van der Waals surface area contributed by atoms with Gasteiger partial charge in [0.1, 0.15) is 0 Å². The maximum Gasteiger partial charge on any atom is 0.276 e. The molecule has 1 saturated heterocycles. The Kier molecular flexibility index (Phi) is 5.05. The molecule has 2 aliphatic rings. The third-order valence-electron chi connectivity index (χ3n) is 5.31. The molecule has 9 heteroatoms. The minimum Gasteiger partial charge on any atom is -0.461 e. The van der Waals surface area contributed by atoms with Crippen molar-refractivity contribution in [2.75, 3.05) is 13.1 Å². The van der Waals surface area contributed by atoms with Crippen molar-refractivity contribution in [3.63, 3.8) is 0 Å². The Hall–Kier alpha value is -2.13. The molecule has 146 valence electrons. The first kappa shape index (κ1) is 18.2. The molecule has 8 nitrogen and oxygen atoms in total. The Bertz CT molecular complexity index is 884. The third-order valence-corrected chi connectivity index (χ3v) is 7.23. The zero-order valence-corrected chi connectivity index (χ0v) is 15.8. The van der Waals surface area contributed by atoms with E-state index in [2.05, 4.69) is 9.71 Å². The summed E-state index contributed by atoms with van der Waals surface area (Å²) in [5.41, 5.74) is 0.145. The highest BCUT2D eigenvalue weighted by Gasteiger charge is 2.36. The zero-order valence-electron chi connectivity index (χ0n) is 15.0. The van der Waals surface area contributed by atoms with Crippen molar-refractivity contribution in [3.8, 4) is 11.5 Å². The van der Waals surface area contributed by atoms with Crippen molar-refractivity contribution in [1.29, 1.82) is 0 Å². The molecular weight excluding hydrogens is 370 g/mol. The van der Waals surface area contributed by atoms with E-state index >= 15 is 0 Å². The molecule has 1 amide bonds. The molecule has 0 aromatic carbocycles. The molecule has 2 aromatic rings. The molecule has 2 aromatic heterocycles. The second kappa shape index (κ2) is 7.47. The Morgan fingerprint density at radius 1 is 1.19 bits per heavy atom.